The van der Waals surface area contributed by atoms with Crippen LogP contribution in [0.25, 0.3) is 10.9 Å². The minimum Gasteiger partial charge on any atom is -0.444 e. The molecule has 3 rings (SSSR count). The number of rotatable bonds is 8. The summed E-state index contributed by atoms with van der Waals surface area (Å²) in [5.74, 6) is -1.15. The molecule has 11 heteroatoms. The lowest BCUT2D eigenvalue weighted by Crippen LogP contribution is -2.53. The molecule has 5 N–H and O–H groups in total. The number of fused-ring (bicyclic) bond motifs is 1. The van der Waals surface area contributed by atoms with Crippen molar-refractivity contribution in [2.24, 2.45) is 0 Å². The Kier molecular flexibility index (Phi) is 9.78. The lowest BCUT2D eigenvalue weighted by molar-refractivity contribution is -0.123. The van der Waals surface area contributed by atoms with E-state index in [1.165, 1.54) is 0 Å². The van der Waals surface area contributed by atoms with E-state index in [-0.39, 0.29) is 18.1 Å². The van der Waals surface area contributed by atoms with E-state index in [4.69, 9.17) is 4.74 Å². The maximum absolute atomic E-state index is 12.9. The van der Waals surface area contributed by atoms with E-state index in [9.17, 15) is 19.2 Å². The molecule has 0 spiro atoms. The Morgan fingerprint density at radius 3 is 2.39 bits per heavy atom. The molecular weight excluding hydrogens is 506 g/mol. The zero-order valence-corrected chi connectivity index (χ0v) is 22.7. The molecule has 0 aliphatic rings. The van der Waals surface area contributed by atoms with Gasteiger partial charge in [-0.25, -0.2) is 4.79 Å². The number of aromatic nitrogens is 1. The normalized spacial score (nSPS) is 11.9. The molecule has 0 radical (unpaired) electrons. The molecule has 10 nitrogen and oxygen atoms in total. The highest BCUT2D eigenvalue weighted by molar-refractivity contribution is 8.14. The fraction of sp³-hybridized carbons (Fsp3) is 0.333. The average Bonchev–Trinajstić information content (AvgIpc) is 3.27. The van der Waals surface area contributed by atoms with Crippen LogP contribution in [-0.4, -0.2) is 45.5 Å². The predicted molar refractivity (Wildman–Crippen MR) is 149 cm³/mol. The van der Waals surface area contributed by atoms with E-state index in [2.05, 4.69) is 26.5 Å². The third-order valence-corrected chi connectivity index (χ3v) is 6.15. The molecule has 2 aromatic carbocycles. The van der Waals surface area contributed by atoms with Crippen LogP contribution in [0.5, 0.6) is 0 Å². The molecule has 1 atom stereocenters. The Morgan fingerprint density at radius 2 is 1.71 bits per heavy atom. The summed E-state index contributed by atoms with van der Waals surface area (Å²) in [6, 6.07) is 14.0. The van der Waals surface area contributed by atoms with Gasteiger partial charge in [0, 0.05) is 29.2 Å². The van der Waals surface area contributed by atoms with E-state index in [0.29, 0.717) is 17.4 Å². The zero-order chi connectivity index (χ0) is 27.7. The van der Waals surface area contributed by atoms with Gasteiger partial charge in [-0.1, -0.05) is 49.0 Å². The number of nitrogens with one attached hydrogen (secondary N) is 5. The van der Waals surface area contributed by atoms with Crippen molar-refractivity contribution < 1.29 is 23.9 Å². The van der Waals surface area contributed by atoms with E-state index in [1.54, 1.807) is 39.1 Å². The fourth-order valence-corrected chi connectivity index (χ4v) is 4.02. The van der Waals surface area contributed by atoms with Gasteiger partial charge in [-0.15, -0.1) is 0 Å². The van der Waals surface area contributed by atoms with Crippen LogP contribution in [0, 0.1) is 0 Å². The molecule has 0 aliphatic carbocycles. The van der Waals surface area contributed by atoms with Crippen LogP contribution in [0.2, 0.25) is 0 Å². The van der Waals surface area contributed by atoms with Crippen molar-refractivity contribution in [3.63, 3.8) is 0 Å². The maximum Gasteiger partial charge on any atom is 0.408 e. The number of carbonyl (C=O) groups excluding carboxylic acids is 4. The second-order valence-electron chi connectivity index (χ2n) is 9.55. The number of hydrogen-bond donors (Lipinski definition) is 5. The van der Waals surface area contributed by atoms with Crippen molar-refractivity contribution in [2.75, 3.05) is 11.1 Å². The van der Waals surface area contributed by atoms with Crippen LogP contribution in [0.4, 0.5) is 15.3 Å². The summed E-state index contributed by atoms with van der Waals surface area (Å²) in [6.07, 6.45) is 2.05. The smallest absolute Gasteiger partial charge is 0.408 e. The number of benzene rings is 2. The summed E-state index contributed by atoms with van der Waals surface area (Å²) >= 11 is 0.700. The molecule has 3 aromatic rings. The van der Waals surface area contributed by atoms with Gasteiger partial charge in [0.2, 0.25) is 5.91 Å². The third-order valence-electron chi connectivity index (χ3n) is 5.37. The number of amides is 4. The van der Waals surface area contributed by atoms with Gasteiger partial charge < -0.3 is 20.4 Å². The number of aryl methyl sites for hydroxylation is 1. The molecular formula is C27H33N5O5S. The molecule has 1 aromatic heterocycles. The van der Waals surface area contributed by atoms with E-state index < -0.39 is 28.9 Å². The quantitative estimate of drug-likeness (QED) is 0.271. The van der Waals surface area contributed by atoms with Gasteiger partial charge in [-0.2, -0.15) is 0 Å². The summed E-state index contributed by atoms with van der Waals surface area (Å²) in [5.41, 5.74) is 7.33. The van der Waals surface area contributed by atoms with Crippen LogP contribution in [0.1, 0.15) is 38.8 Å². The molecule has 0 unspecified atom stereocenters. The maximum atomic E-state index is 12.9. The largest absolute Gasteiger partial charge is 0.444 e. The lowest BCUT2D eigenvalue weighted by atomic mass is 10.0. The Hall–Kier alpha value is -3.99. The Bertz CT molecular complexity index is 1280. The standard InChI is InChI=1S/C27H33N5O5S/c1-5-17-10-12-19(13-11-17)29-23(33)16-38-26(36)32-31-24(34)22(30-25(35)37-27(2,3)4)14-18-15-28-21-9-7-6-8-20(18)21/h6-13,15,22,28H,5,14,16H2,1-4H3,(H,29,33)(H,30,35)(H,31,34)(H,32,36)/t22-/m0/s1. The first-order valence-electron chi connectivity index (χ1n) is 12.2. The monoisotopic (exact) mass is 539 g/mol. The number of H-pyrrole nitrogens is 1. The van der Waals surface area contributed by atoms with Gasteiger partial charge in [0.25, 0.3) is 11.1 Å². The van der Waals surface area contributed by atoms with Crippen LogP contribution in [-0.2, 0) is 27.2 Å². The predicted octanol–water partition coefficient (Wildman–Crippen LogP) is 4.28. The SMILES string of the molecule is CCc1ccc(NC(=O)CSC(=O)NNC(=O)[C@H](Cc2c[nH]c3ccccc23)NC(=O)OC(C)(C)C)cc1. The Balaban J connectivity index is 1.55. The topological polar surface area (TPSA) is 141 Å². The minimum atomic E-state index is -1.04. The van der Waals surface area contributed by atoms with Gasteiger partial charge >= 0.3 is 6.09 Å². The number of hydrazine groups is 1. The third kappa shape index (κ3) is 8.84. The first kappa shape index (κ1) is 28.6. The van der Waals surface area contributed by atoms with Crippen molar-refractivity contribution in [3.05, 3.63) is 65.9 Å². The van der Waals surface area contributed by atoms with E-state index >= 15 is 0 Å². The number of hydrogen-bond acceptors (Lipinski definition) is 6. The number of aromatic amines is 1. The Labute approximate surface area is 225 Å². The number of thioether (sulfide) groups is 1. The minimum absolute atomic E-state index is 0.147. The molecule has 0 aliphatic heterocycles. The first-order valence-corrected chi connectivity index (χ1v) is 13.2. The molecule has 38 heavy (non-hydrogen) atoms. The van der Waals surface area contributed by atoms with E-state index in [1.807, 2.05) is 43.3 Å². The highest BCUT2D eigenvalue weighted by Crippen LogP contribution is 2.19. The van der Waals surface area contributed by atoms with Crippen molar-refractivity contribution in [1.29, 1.82) is 0 Å². The number of alkyl carbamates (subject to hydrolysis) is 1. The van der Waals surface area contributed by atoms with E-state index in [0.717, 1.165) is 28.5 Å². The lowest BCUT2D eigenvalue weighted by Gasteiger charge is -2.23. The zero-order valence-electron chi connectivity index (χ0n) is 21.8. The van der Waals surface area contributed by atoms with Crippen LogP contribution >= 0.6 is 11.8 Å². The van der Waals surface area contributed by atoms with Gasteiger partial charge in [0.15, 0.2) is 0 Å². The summed E-state index contributed by atoms with van der Waals surface area (Å²) < 4.78 is 5.30. The molecule has 1 heterocycles. The average molecular weight is 540 g/mol. The van der Waals surface area contributed by atoms with Gasteiger partial charge in [0.1, 0.15) is 11.6 Å². The fourth-order valence-electron chi connectivity index (χ4n) is 3.57. The van der Waals surface area contributed by atoms with Crippen molar-refractivity contribution in [1.82, 2.24) is 21.2 Å². The van der Waals surface area contributed by atoms with Gasteiger partial charge in [-0.3, -0.25) is 25.2 Å². The number of carbonyl (C=O) groups is 4. The number of ether oxygens (including phenoxy) is 1. The van der Waals surface area contributed by atoms with Crippen LogP contribution in [0.15, 0.2) is 54.7 Å². The van der Waals surface area contributed by atoms with Crippen molar-refractivity contribution >= 4 is 51.5 Å². The second-order valence-corrected chi connectivity index (χ2v) is 10.5. The summed E-state index contributed by atoms with van der Waals surface area (Å²) in [6.45, 7) is 7.19. The summed E-state index contributed by atoms with van der Waals surface area (Å²) in [7, 11) is 0. The molecule has 0 saturated carbocycles. The first-order chi connectivity index (χ1) is 18.0. The van der Waals surface area contributed by atoms with Crippen LogP contribution < -0.4 is 21.5 Å². The summed E-state index contributed by atoms with van der Waals surface area (Å²) in [4.78, 5) is 52.9. The Morgan fingerprint density at radius 1 is 1.00 bits per heavy atom. The molecule has 4 amide bonds. The molecule has 202 valence electrons. The molecule has 0 bridgehead atoms. The molecule has 0 fully saturated rings. The highest BCUT2D eigenvalue weighted by atomic mass is 32.2. The van der Waals surface area contributed by atoms with Crippen molar-refractivity contribution in [2.45, 2.75) is 52.2 Å². The van der Waals surface area contributed by atoms with Crippen LogP contribution in [0.3, 0.4) is 0 Å². The van der Waals surface area contributed by atoms with Crippen molar-refractivity contribution in [3.8, 4) is 0 Å². The highest BCUT2D eigenvalue weighted by Gasteiger charge is 2.26. The number of anilines is 1. The van der Waals surface area contributed by atoms with Gasteiger partial charge in [-0.05, 0) is 56.5 Å². The molecule has 0 saturated heterocycles. The number of para-hydroxylation sites is 1. The summed E-state index contributed by atoms with van der Waals surface area (Å²) in [5, 5.41) is 5.58. The van der Waals surface area contributed by atoms with Gasteiger partial charge in [0.05, 0.1) is 5.75 Å². The second kappa shape index (κ2) is 13.0.